The summed E-state index contributed by atoms with van der Waals surface area (Å²) in [7, 11) is 1.43. The minimum atomic E-state index is -0.331. The van der Waals surface area contributed by atoms with E-state index in [0.717, 1.165) is 19.3 Å². The lowest BCUT2D eigenvalue weighted by Gasteiger charge is -2.18. The largest absolute Gasteiger partial charge is 0.508 e. The summed E-state index contributed by atoms with van der Waals surface area (Å²) < 4.78 is 10.5. The maximum absolute atomic E-state index is 11.4. The molecular formula is C22H36O5. The van der Waals surface area contributed by atoms with Crippen LogP contribution in [0.2, 0.25) is 0 Å². The van der Waals surface area contributed by atoms with Gasteiger partial charge in [-0.25, -0.2) is 0 Å². The van der Waals surface area contributed by atoms with Crippen LogP contribution in [-0.4, -0.2) is 29.4 Å². The summed E-state index contributed by atoms with van der Waals surface area (Å²) in [4.78, 5) is 11.4. The Morgan fingerprint density at radius 1 is 1.00 bits per heavy atom. The van der Waals surface area contributed by atoms with Gasteiger partial charge in [-0.15, -0.1) is 0 Å². The normalized spacial score (nSPS) is 12.0. The van der Waals surface area contributed by atoms with Crippen LogP contribution in [-0.2, 0) is 16.0 Å². The summed E-state index contributed by atoms with van der Waals surface area (Å²) in [5, 5.41) is 20.0. The lowest BCUT2D eigenvalue weighted by atomic mass is 10.00. The first-order valence-corrected chi connectivity index (χ1v) is 10.2. The molecular weight excluding hydrogens is 344 g/mol. The van der Waals surface area contributed by atoms with Gasteiger partial charge in [-0.05, 0) is 18.9 Å². The SMILES string of the molecule is CCCCCCCCCCC[C@H](Cc1cc(O)cc(OC)c1O)OC(C)=O. The van der Waals surface area contributed by atoms with Gasteiger partial charge >= 0.3 is 5.97 Å². The molecule has 0 heterocycles. The standard InChI is InChI=1S/C22H36O5/c1-4-5-6-7-8-9-10-11-12-13-20(27-17(2)23)15-18-14-19(24)16-21(26-3)22(18)25/h14,16,20,24-25H,4-13,15H2,1-3H3/t20-/m1/s1. The second-order valence-corrected chi connectivity index (χ2v) is 7.21. The molecule has 1 aromatic carbocycles. The van der Waals surface area contributed by atoms with E-state index in [2.05, 4.69) is 6.92 Å². The Hall–Kier alpha value is -1.91. The Labute approximate surface area is 163 Å². The third kappa shape index (κ3) is 9.55. The summed E-state index contributed by atoms with van der Waals surface area (Å²) in [5.41, 5.74) is 0.522. The Kier molecular flexibility index (Phi) is 11.4. The third-order valence-electron chi connectivity index (χ3n) is 4.77. The molecule has 1 atom stereocenters. The van der Waals surface area contributed by atoms with E-state index in [4.69, 9.17) is 9.47 Å². The quantitative estimate of drug-likeness (QED) is 0.253. The van der Waals surface area contributed by atoms with Crippen molar-refractivity contribution in [3.8, 4) is 17.2 Å². The van der Waals surface area contributed by atoms with Gasteiger partial charge in [-0.2, -0.15) is 0 Å². The highest BCUT2D eigenvalue weighted by molar-refractivity contribution is 5.66. The number of phenolic OH excluding ortho intramolecular Hbond substituents is 2. The van der Waals surface area contributed by atoms with Crippen LogP contribution in [0.15, 0.2) is 12.1 Å². The maximum atomic E-state index is 11.4. The van der Waals surface area contributed by atoms with Crippen LogP contribution >= 0.6 is 0 Å². The number of aromatic hydroxyl groups is 2. The fraction of sp³-hybridized carbons (Fsp3) is 0.682. The van der Waals surface area contributed by atoms with E-state index < -0.39 is 0 Å². The molecule has 0 saturated carbocycles. The van der Waals surface area contributed by atoms with Crippen molar-refractivity contribution >= 4 is 5.97 Å². The van der Waals surface area contributed by atoms with Crippen molar-refractivity contribution in [2.75, 3.05) is 7.11 Å². The highest BCUT2D eigenvalue weighted by Crippen LogP contribution is 2.35. The van der Waals surface area contributed by atoms with Crippen molar-refractivity contribution in [1.82, 2.24) is 0 Å². The molecule has 1 rings (SSSR count). The summed E-state index contributed by atoms with van der Waals surface area (Å²) in [6.45, 7) is 3.62. The molecule has 0 saturated heterocycles. The predicted octanol–water partition coefficient (Wildman–Crippen LogP) is 5.50. The van der Waals surface area contributed by atoms with Crippen LogP contribution < -0.4 is 4.74 Å². The molecule has 0 aromatic heterocycles. The Balaban J connectivity index is 2.46. The first kappa shape index (κ1) is 23.1. The second kappa shape index (κ2) is 13.3. The van der Waals surface area contributed by atoms with Crippen molar-refractivity contribution in [3.63, 3.8) is 0 Å². The molecule has 0 spiro atoms. The van der Waals surface area contributed by atoms with Crippen molar-refractivity contribution in [2.24, 2.45) is 0 Å². The molecule has 0 amide bonds. The van der Waals surface area contributed by atoms with Gasteiger partial charge in [0.1, 0.15) is 11.9 Å². The van der Waals surface area contributed by atoms with E-state index >= 15 is 0 Å². The average Bonchev–Trinajstić information content (AvgIpc) is 2.62. The van der Waals surface area contributed by atoms with Crippen LogP contribution in [0.5, 0.6) is 17.2 Å². The first-order valence-electron chi connectivity index (χ1n) is 10.2. The number of ether oxygens (including phenoxy) is 2. The minimum Gasteiger partial charge on any atom is -0.508 e. The number of rotatable bonds is 14. The van der Waals surface area contributed by atoms with E-state index in [-0.39, 0.29) is 29.3 Å². The van der Waals surface area contributed by atoms with Crippen LogP contribution in [0.4, 0.5) is 0 Å². The smallest absolute Gasteiger partial charge is 0.302 e. The summed E-state index contributed by atoms with van der Waals surface area (Å²) in [6.07, 6.45) is 11.9. The van der Waals surface area contributed by atoms with Gasteiger partial charge in [-0.3, -0.25) is 4.79 Å². The molecule has 154 valence electrons. The van der Waals surface area contributed by atoms with Gasteiger partial charge in [0.15, 0.2) is 11.5 Å². The number of hydrogen-bond donors (Lipinski definition) is 2. The van der Waals surface area contributed by atoms with Gasteiger partial charge in [0.2, 0.25) is 0 Å². The average molecular weight is 381 g/mol. The number of benzene rings is 1. The lowest BCUT2D eigenvalue weighted by molar-refractivity contribution is -0.146. The van der Waals surface area contributed by atoms with Gasteiger partial charge in [0.25, 0.3) is 0 Å². The van der Waals surface area contributed by atoms with E-state index in [1.54, 1.807) is 0 Å². The van der Waals surface area contributed by atoms with Crippen molar-refractivity contribution in [2.45, 2.75) is 90.6 Å². The highest BCUT2D eigenvalue weighted by atomic mass is 16.5. The molecule has 5 heteroatoms. The van der Waals surface area contributed by atoms with Gasteiger partial charge in [0, 0.05) is 25.0 Å². The molecule has 2 N–H and O–H groups in total. The molecule has 0 unspecified atom stereocenters. The molecule has 0 aliphatic rings. The zero-order chi connectivity index (χ0) is 20.1. The number of unbranched alkanes of at least 4 members (excludes halogenated alkanes) is 8. The topological polar surface area (TPSA) is 76.0 Å². The zero-order valence-electron chi connectivity index (χ0n) is 17.1. The van der Waals surface area contributed by atoms with Gasteiger partial charge in [-0.1, -0.05) is 58.3 Å². The second-order valence-electron chi connectivity index (χ2n) is 7.21. The molecule has 27 heavy (non-hydrogen) atoms. The molecule has 0 fully saturated rings. The van der Waals surface area contributed by atoms with Crippen LogP contribution in [0, 0.1) is 0 Å². The molecule has 1 aromatic rings. The molecule has 0 radical (unpaired) electrons. The van der Waals surface area contributed by atoms with Crippen molar-refractivity contribution in [1.29, 1.82) is 0 Å². The Morgan fingerprint density at radius 3 is 2.15 bits per heavy atom. The third-order valence-corrected chi connectivity index (χ3v) is 4.77. The number of phenols is 2. The van der Waals surface area contributed by atoms with Crippen LogP contribution in [0.25, 0.3) is 0 Å². The van der Waals surface area contributed by atoms with Crippen molar-refractivity contribution in [3.05, 3.63) is 17.7 Å². The summed E-state index contributed by atoms with van der Waals surface area (Å²) >= 11 is 0. The highest BCUT2D eigenvalue weighted by Gasteiger charge is 2.18. The first-order chi connectivity index (χ1) is 13.0. The molecule has 5 nitrogen and oxygen atoms in total. The van der Waals surface area contributed by atoms with Crippen LogP contribution in [0.3, 0.4) is 0 Å². The fourth-order valence-corrected chi connectivity index (χ4v) is 3.33. The Morgan fingerprint density at radius 2 is 1.59 bits per heavy atom. The summed E-state index contributed by atoms with van der Waals surface area (Å²) in [6, 6.07) is 2.85. The van der Waals surface area contributed by atoms with E-state index in [1.807, 2.05) is 0 Å². The minimum absolute atomic E-state index is 0.0143. The number of esters is 1. The monoisotopic (exact) mass is 380 g/mol. The lowest BCUT2D eigenvalue weighted by Crippen LogP contribution is -2.19. The molecule has 0 aliphatic heterocycles. The fourth-order valence-electron chi connectivity index (χ4n) is 3.33. The number of methoxy groups -OCH3 is 1. The zero-order valence-corrected chi connectivity index (χ0v) is 17.1. The molecule has 0 bridgehead atoms. The van der Waals surface area contributed by atoms with E-state index in [9.17, 15) is 15.0 Å². The van der Waals surface area contributed by atoms with Crippen LogP contribution in [0.1, 0.15) is 83.6 Å². The number of hydrogen-bond acceptors (Lipinski definition) is 5. The molecule has 0 aliphatic carbocycles. The van der Waals surface area contributed by atoms with Crippen molar-refractivity contribution < 1.29 is 24.5 Å². The number of carbonyl (C=O) groups excluding carboxylic acids is 1. The number of carbonyl (C=O) groups is 1. The van der Waals surface area contributed by atoms with Gasteiger partial charge in [0.05, 0.1) is 7.11 Å². The van der Waals surface area contributed by atoms with E-state index in [1.165, 1.54) is 71.1 Å². The Bertz CT molecular complexity index is 556. The van der Waals surface area contributed by atoms with Gasteiger partial charge < -0.3 is 19.7 Å². The maximum Gasteiger partial charge on any atom is 0.302 e. The van der Waals surface area contributed by atoms with E-state index in [0.29, 0.717) is 12.0 Å². The summed E-state index contributed by atoms with van der Waals surface area (Å²) in [5.74, 6) is -0.110. The predicted molar refractivity (Wildman–Crippen MR) is 107 cm³/mol.